The SMILES string of the molecule is Cn1ccc(NC(=O)C2(n3cccn3)CCN(C(=O)c3cccs3)CC2)n1. The molecule has 1 saturated heterocycles. The molecule has 4 heterocycles. The zero-order chi connectivity index (χ0) is 18.9. The zero-order valence-electron chi connectivity index (χ0n) is 14.9. The monoisotopic (exact) mass is 384 g/mol. The molecular weight excluding hydrogens is 364 g/mol. The van der Waals surface area contributed by atoms with E-state index in [4.69, 9.17) is 0 Å². The summed E-state index contributed by atoms with van der Waals surface area (Å²) in [5.74, 6) is 0.364. The first kappa shape index (κ1) is 17.5. The van der Waals surface area contributed by atoms with Crippen molar-refractivity contribution < 1.29 is 9.59 Å². The number of nitrogens with one attached hydrogen (secondary N) is 1. The Kier molecular flexibility index (Phi) is 4.53. The molecule has 9 heteroatoms. The Bertz CT molecular complexity index is 923. The van der Waals surface area contributed by atoms with Gasteiger partial charge in [-0.05, 0) is 30.4 Å². The minimum Gasteiger partial charge on any atom is -0.338 e. The maximum absolute atomic E-state index is 13.2. The number of carbonyl (C=O) groups is 2. The fraction of sp³-hybridized carbons (Fsp3) is 0.333. The van der Waals surface area contributed by atoms with Crippen LogP contribution in [0.4, 0.5) is 5.82 Å². The Morgan fingerprint density at radius 2 is 2.00 bits per heavy atom. The highest BCUT2D eigenvalue weighted by Gasteiger charge is 2.45. The molecule has 8 nitrogen and oxygen atoms in total. The first-order valence-electron chi connectivity index (χ1n) is 8.72. The highest BCUT2D eigenvalue weighted by atomic mass is 32.1. The van der Waals surface area contributed by atoms with E-state index in [-0.39, 0.29) is 11.8 Å². The van der Waals surface area contributed by atoms with Gasteiger partial charge in [-0.25, -0.2) is 0 Å². The lowest BCUT2D eigenvalue weighted by molar-refractivity contribution is -0.127. The minimum atomic E-state index is -0.840. The van der Waals surface area contributed by atoms with Crippen LogP contribution in [0.1, 0.15) is 22.5 Å². The number of hydrogen-bond donors (Lipinski definition) is 1. The molecule has 2 amide bonds. The van der Waals surface area contributed by atoms with Crippen LogP contribution in [0.25, 0.3) is 0 Å². The molecule has 3 aromatic heterocycles. The summed E-state index contributed by atoms with van der Waals surface area (Å²) in [6.07, 6.45) is 6.22. The summed E-state index contributed by atoms with van der Waals surface area (Å²) in [6, 6.07) is 7.26. The summed E-state index contributed by atoms with van der Waals surface area (Å²) in [6.45, 7) is 0.985. The summed E-state index contributed by atoms with van der Waals surface area (Å²) in [5, 5.41) is 13.3. The summed E-state index contributed by atoms with van der Waals surface area (Å²) < 4.78 is 3.34. The van der Waals surface area contributed by atoms with Gasteiger partial charge in [0, 0.05) is 44.8 Å². The predicted octanol–water partition coefficient (Wildman–Crippen LogP) is 1.95. The molecule has 0 aromatic carbocycles. The number of likely N-dealkylation sites (tertiary alicyclic amines) is 1. The van der Waals surface area contributed by atoms with E-state index in [9.17, 15) is 9.59 Å². The van der Waals surface area contributed by atoms with Crippen LogP contribution in [0, 0.1) is 0 Å². The quantitative estimate of drug-likeness (QED) is 0.745. The third kappa shape index (κ3) is 3.25. The molecule has 1 aliphatic heterocycles. The van der Waals surface area contributed by atoms with Crippen molar-refractivity contribution in [2.45, 2.75) is 18.4 Å². The normalized spacial score (nSPS) is 16.3. The largest absolute Gasteiger partial charge is 0.338 e. The summed E-state index contributed by atoms with van der Waals surface area (Å²) >= 11 is 1.43. The highest BCUT2D eigenvalue weighted by molar-refractivity contribution is 7.12. The average Bonchev–Trinajstić information content (AvgIpc) is 3.44. The Morgan fingerprint density at radius 3 is 2.59 bits per heavy atom. The lowest BCUT2D eigenvalue weighted by Crippen LogP contribution is -2.54. The maximum atomic E-state index is 13.2. The maximum Gasteiger partial charge on any atom is 0.263 e. The van der Waals surface area contributed by atoms with Crippen LogP contribution in [-0.2, 0) is 17.4 Å². The van der Waals surface area contributed by atoms with E-state index >= 15 is 0 Å². The molecule has 0 saturated carbocycles. The van der Waals surface area contributed by atoms with Gasteiger partial charge in [0.25, 0.3) is 11.8 Å². The number of aromatic nitrogens is 4. The van der Waals surface area contributed by atoms with Crippen LogP contribution in [0.5, 0.6) is 0 Å². The molecule has 1 fully saturated rings. The second-order valence-corrected chi connectivity index (χ2v) is 7.53. The van der Waals surface area contributed by atoms with Gasteiger partial charge in [-0.15, -0.1) is 11.3 Å². The topological polar surface area (TPSA) is 85.0 Å². The Hall–Kier alpha value is -2.94. The van der Waals surface area contributed by atoms with Crippen LogP contribution < -0.4 is 5.32 Å². The zero-order valence-corrected chi connectivity index (χ0v) is 15.7. The van der Waals surface area contributed by atoms with Gasteiger partial charge in [0.15, 0.2) is 5.82 Å². The van der Waals surface area contributed by atoms with Crippen molar-refractivity contribution >= 4 is 29.0 Å². The fourth-order valence-electron chi connectivity index (χ4n) is 3.43. The molecule has 4 rings (SSSR count). The van der Waals surface area contributed by atoms with Crippen molar-refractivity contribution in [1.82, 2.24) is 24.5 Å². The van der Waals surface area contributed by atoms with Crippen LogP contribution >= 0.6 is 11.3 Å². The van der Waals surface area contributed by atoms with Gasteiger partial charge >= 0.3 is 0 Å². The van der Waals surface area contributed by atoms with E-state index in [2.05, 4.69) is 15.5 Å². The van der Waals surface area contributed by atoms with Crippen LogP contribution in [-0.4, -0.2) is 49.4 Å². The fourth-order valence-corrected chi connectivity index (χ4v) is 4.12. The number of carbonyl (C=O) groups excluding carboxylic acids is 2. The Morgan fingerprint density at radius 1 is 1.19 bits per heavy atom. The minimum absolute atomic E-state index is 0.0178. The van der Waals surface area contributed by atoms with Crippen molar-refractivity contribution in [3.05, 3.63) is 53.1 Å². The lowest BCUT2D eigenvalue weighted by atomic mass is 9.86. The Balaban J connectivity index is 1.54. The molecule has 0 atom stereocenters. The predicted molar refractivity (Wildman–Crippen MR) is 101 cm³/mol. The molecule has 27 heavy (non-hydrogen) atoms. The van der Waals surface area contributed by atoms with E-state index in [0.717, 1.165) is 4.88 Å². The van der Waals surface area contributed by atoms with E-state index in [1.165, 1.54) is 11.3 Å². The van der Waals surface area contributed by atoms with Gasteiger partial charge in [0.1, 0.15) is 5.54 Å². The van der Waals surface area contributed by atoms with Crippen LogP contribution in [0.2, 0.25) is 0 Å². The van der Waals surface area contributed by atoms with Gasteiger partial charge in [-0.3, -0.25) is 19.0 Å². The number of thiophene rings is 1. The van der Waals surface area contributed by atoms with Crippen molar-refractivity contribution in [3.63, 3.8) is 0 Å². The van der Waals surface area contributed by atoms with Gasteiger partial charge < -0.3 is 10.2 Å². The number of nitrogens with zero attached hydrogens (tertiary/aromatic N) is 5. The number of rotatable bonds is 4. The van der Waals surface area contributed by atoms with Crippen LogP contribution in [0.15, 0.2) is 48.2 Å². The molecule has 0 radical (unpaired) electrons. The summed E-state index contributed by atoms with van der Waals surface area (Å²) in [4.78, 5) is 28.3. The molecule has 1 aliphatic rings. The lowest BCUT2D eigenvalue weighted by Gasteiger charge is -2.40. The molecule has 3 aromatic rings. The van der Waals surface area contributed by atoms with Crippen molar-refractivity contribution in [1.29, 1.82) is 0 Å². The number of aryl methyl sites for hydroxylation is 1. The first-order valence-corrected chi connectivity index (χ1v) is 9.60. The standard InChI is InChI=1S/C18H20N6O2S/c1-22-10-5-15(21-22)20-17(26)18(24-9-3-8-19-24)6-11-23(12-7-18)16(25)14-4-2-13-27-14/h2-5,8-10,13H,6-7,11-12H2,1H3,(H,20,21,26). The van der Waals surface area contributed by atoms with Crippen molar-refractivity contribution in [3.8, 4) is 0 Å². The number of hydrogen-bond acceptors (Lipinski definition) is 5. The molecule has 1 N–H and O–H groups in total. The third-order valence-electron chi connectivity index (χ3n) is 4.93. The van der Waals surface area contributed by atoms with Gasteiger partial charge in [0.2, 0.25) is 0 Å². The number of amides is 2. The van der Waals surface area contributed by atoms with Crippen molar-refractivity contribution in [2.24, 2.45) is 7.05 Å². The molecular formula is C18H20N6O2S. The van der Waals surface area contributed by atoms with Gasteiger partial charge in [0.05, 0.1) is 4.88 Å². The van der Waals surface area contributed by atoms with Gasteiger partial charge in [-0.2, -0.15) is 10.2 Å². The number of piperidine rings is 1. The van der Waals surface area contributed by atoms with E-state index in [1.54, 1.807) is 47.1 Å². The summed E-state index contributed by atoms with van der Waals surface area (Å²) in [5.41, 5.74) is -0.840. The molecule has 0 unspecified atom stereocenters. The average molecular weight is 384 g/mol. The third-order valence-corrected chi connectivity index (χ3v) is 5.79. The smallest absolute Gasteiger partial charge is 0.263 e. The molecule has 0 aliphatic carbocycles. The molecule has 140 valence electrons. The summed E-state index contributed by atoms with van der Waals surface area (Å²) in [7, 11) is 1.80. The second kappa shape index (κ2) is 6.99. The first-order chi connectivity index (χ1) is 13.1. The van der Waals surface area contributed by atoms with E-state index in [0.29, 0.717) is 31.7 Å². The van der Waals surface area contributed by atoms with Crippen molar-refractivity contribution in [2.75, 3.05) is 18.4 Å². The van der Waals surface area contributed by atoms with E-state index in [1.807, 2.05) is 22.4 Å². The number of anilines is 1. The molecule has 0 bridgehead atoms. The molecule has 0 spiro atoms. The van der Waals surface area contributed by atoms with Gasteiger partial charge in [-0.1, -0.05) is 6.07 Å². The Labute approximate surface area is 160 Å². The highest BCUT2D eigenvalue weighted by Crippen LogP contribution is 2.32. The second-order valence-electron chi connectivity index (χ2n) is 6.58. The van der Waals surface area contributed by atoms with E-state index < -0.39 is 5.54 Å². The van der Waals surface area contributed by atoms with Crippen LogP contribution in [0.3, 0.4) is 0 Å².